The number of benzene rings is 1. The predicted molar refractivity (Wildman–Crippen MR) is 95.6 cm³/mol. The number of pyridine rings is 1. The van der Waals surface area contributed by atoms with Crippen molar-refractivity contribution in [1.29, 1.82) is 0 Å². The number of hydrogen-bond donors (Lipinski definition) is 0. The van der Waals surface area contributed by atoms with Gasteiger partial charge in [-0.25, -0.2) is 14.5 Å². The van der Waals surface area contributed by atoms with Crippen LogP contribution in [0.2, 0.25) is 0 Å². The van der Waals surface area contributed by atoms with Gasteiger partial charge in [-0.2, -0.15) is 5.10 Å². The zero-order chi connectivity index (χ0) is 17.2. The minimum Gasteiger partial charge on any atom is -0.456 e. The topological polar surface area (TPSA) is 61.4 Å². The van der Waals surface area contributed by atoms with Crippen molar-refractivity contribution in [1.82, 2.24) is 19.2 Å². The number of halogens is 1. The number of ether oxygens (including phenoxy) is 1. The molecule has 0 aliphatic carbocycles. The third-order valence-corrected chi connectivity index (χ3v) is 4.16. The van der Waals surface area contributed by atoms with E-state index in [0.29, 0.717) is 11.3 Å². The van der Waals surface area contributed by atoms with Gasteiger partial charge in [-0.15, -0.1) is 0 Å². The molecule has 0 aliphatic heterocycles. The van der Waals surface area contributed by atoms with Crippen LogP contribution in [-0.2, 0) is 11.3 Å². The van der Waals surface area contributed by atoms with Gasteiger partial charge < -0.3 is 9.14 Å². The molecule has 0 unspecified atom stereocenters. The molecule has 0 saturated heterocycles. The minimum atomic E-state index is -0.384. The summed E-state index contributed by atoms with van der Waals surface area (Å²) in [4.78, 5) is 16.6. The van der Waals surface area contributed by atoms with Crippen LogP contribution in [-0.4, -0.2) is 25.1 Å². The summed E-state index contributed by atoms with van der Waals surface area (Å²) in [7, 11) is 0. The molecule has 7 heteroatoms. The third-order valence-electron chi connectivity index (χ3n) is 3.69. The summed E-state index contributed by atoms with van der Waals surface area (Å²) < 4.78 is 9.92. The van der Waals surface area contributed by atoms with E-state index in [-0.39, 0.29) is 12.6 Å². The van der Waals surface area contributed by atoms with Gasteiger partial charge >= 0.3 is 5.97 Å². The van der Waals surface area contributed by atoms with Gasteiger partial charge in [0.05, 0.1) is 16.9 Å². The molecule has 0 radical (unpaired) electrons. The first-order chi connectivity index (χ1) is 12.2. The van der Waals surface area contributed by atoms with Crippen molar-refractivity contribution < 1.29 is 9.53 Å². The number of carbonyl (C=O) groups excluding carboxylic acids is 1. The number of rotatable bonds is 4. The average Bonchev–Trinajstić information content (AvgIpc) is 3.29. The number of carbonyl (C=O) groups is 1. The monoisotopic (exact) mass is 396 g/mol. The van der Waals surface area contributed by atoms with Gasteiger partial charge in [-0.1, -0.05) is 0 Å². The molecule has 0 fully saturated rings. The van der Waals surface area contributed by atoms with Crippen molar-refractivity contribution in [2.45, 2.75) is 6.61 Å². The molecule has 0 aliphatic rings. The van der Waals surface area contributed by atoms with Crippen molar-refractivity contribution >= 4 is 27.5 Å². The van der Waals surface area contributed by atoms with Crippen molar-refractivity contribution in [3.63, 3.8) is 0 Å². The maximum atomic E-state index is 12.2. The molecule has 124 valence electrons. The van der Waals surface area contributed by atoms with Crippen LogP contribution in [0.25, 0.3) is 11.3 Å². The average molecular weight is 397 g/mol. The quantitative estimate of drug-likeness (QED) is 0.494. The molecule has 3 heterocycles. The van der Waals surface area contributed by atoms with Crippen LogP contribution in [0.4, 0.5) is 0 Å². The summed E-state index contributed by atoms with van der Waals surface area (Å²) >= 11 is 3.41. The van der Waals surface area contributed by atoms with Crippen molar-refractivity contribution in [3.8, 4) is 5.69 Å². The largest absolute Gasteiger partial charge is 0.456 e. The Kier molecular flexibility index (Phi) is 4.07. The molecular formula is C18H13BrN4O2. The maximum Gasteiger partial charge on any atom is 0.338 e. The molecule has 0 amide bonds. The van der Waals surface area contributed by atoms with Crippen LogP contribution in [0.1, 0.15) is 16.1 Å². The normalized spacial score (nSPS) is 10.9. The van der Waals surface area contributed by atoms with Gasteiger partial charge in [-0.3, -0.25) is 0 Å². The number of hydrogen-bond acceptors (Lipinski definition) is 4. The Balaban J connectivity index is 1.44. The SMILES string of the molecule is O=C(OCc1cn2cc(Br)ccc2n1)c1ccc(-n2cccn2)cc1. The molecule has 0 atom stereocenters. The van der Waals surface area contributed by atoms with Crippen LogP contribution in [0.15, 0.2) is 71.7 Å². The molecule has 6 nitrogen and oxygen atoms in total. The molecule has 0 N–H and O–H groups in total. The minimum absolute atomic E-state index is 0.124. The van der Waals surface area contributed by atoms with Gasteiger partial charge in [-0.05, 0) is 58.4 Å². The van der Waals surface area contributed by atoms with Crippen LogP contribution in [0, 0.1) is 0 Å². The van der Waals surface area contributed by atoms with Gasteiger partial charge in [0.1, 0.15) is 12.3 Å². The smallest absolute Gasteiger partial charge is 0.338 e. The molecule has 4 aromatic rings. The lowest BCUT2D eigenvalue weighted by molar-refractivity contribution is 0.0468. The molecule has 4 rings (SSSR count). The predicted octanol–water partition coefficient (Wildman–Crippen LogP) is 3.64. The molecule has 25 heavy (non-hydrogen) atoms. The highest BCUT2D eigenvalue weighted by molar-refractivity contribution is 9.10. The Hall–Kier alpha value is -2.93. The van der Waals surface area contributed by atoms with E-state index in [1.807, 2.05) is 53.3 Å². The molecule has 0 spiro atoms. The van der Waals surface area contributed by atoms with Gasteiger partial charge in [0.15, 0.2) is 0 Å². The first-order valence-corrected chi connectivity index (χ1v) is 8.39. The summed E-state index contributed by atoms with van der Waals surface area (Å²) in [5, 5.41) is 4.15. The van der Waals surface area contributed by atoms with Crippen molar-refractivity contribution in [2.24, 2.45) is 0 Å². The third kappa shape index (κ3) is 3.32. The van der Waals surface area contributed by atoms with E-state index in [1.54, 1.807) is 23.0 Å². The Labute approximate surface area is 151 Å². The van der Waals surface area contributed by atoms with E-state index in [9.17, 15) is 4.79 Å². The van der Waals surface area contributed by atoms with Crippen molar-refractivity contribution in [3.05, 3.63) is 83.0 Å². The van der Waals surface area contributed by atoms with E-state index < -0.39 is 0 Å². The second-order valence-electron chi connectivity index (χ2n) is 5.42. The van der Waals surface area contributed by atoms with E-state index in [4.69, 9.17) is 4.74 Å². The number of imidazole rings is 1. The lowest BCUT2D eigenvalue weighted by Crippen LogP contribution is -2.06. The van der Waals surface area contributed by atoms with E-state index in [1.165, 1.54) is 0 Å². The number of nitrogens with zero attached hydrogens (tertiary/aromatic N) is 4. The lowest BCUT2D eigenvalue weighted by Gasteiger charge is -2.05. The molecule has 0 saturated carbocycles. The molecule has 0 bridgehead atoms. The summed E-state index contributed by atoms with van der Waals surface area (Å²) in [5.41, 5.74) is 2.87. The number of aromatic nitrogens is 4. The Morgan fingerprint density at radius 2 is 1.96 bits per heavy atom. The fourth-order valence-electron chi connectivity index (χ4n) is 2.48. The second-order valence-corrected chi connectivity index (χ2v) is 6.33. The van der Waals surface area contributed by atoms with Crippen LogP contribution in [0.3, 0.4) is 0 Å². The van der Waals surface area contributed by atoms with Gasteiger partial charge in [0.25, 0.3) is 0 Å². The Morgan fingerprint density at radius 3 is 2.72 bits per heavy atom. The van der Waals surface area contributed by atoms with Crippen molar-refractivity contribution in [2.75, 3.05) is 0 Å². The first-order valence-electron chi connectivity index (χ1n) is 7.59. The number of esters is 1. The van der Waals surface area contributed by atoms with Crippen LogP contribution >= 0.6 is 15.9 Å². The Bertz CT molecular complexity index is 1020. The molecular weight excluding hydrogens is 384 g/mol. The fraction of sp³-hybridized carbons (Fsp3) is 0.0556. The molecule has 1 aromatic carbocycles. The lowest BCUT2D eigenvalue weighted by atomic mass is 10.2. The second kappa shape index (κ2) is 6.52. The highest BCUT2D eigenvalue weighted by Gasteiger charge is 2.10. The fourth-order valence-corrected chi connectivity index (χ4v) is 2.83. The Morgan fingerprint density at radius 1 is 1.12 bits per heavy atom. The number of fused-ring (bicyclic) bond motifs is 1. The highest BCUT2D eigenvalue weighted by atomic mass is 79.9. The summed E-state index contributed by atoms with van der Waals surface area (Å²) in [6, 6.07) is 12.7. The summed E-state index contributed by atoms with van der Waals surface area (Å²) in [5.74, 6) is -0.384. The van der Waals surface area contributed by atoms with E-state index in [2.05, 4.69) is 26.0 Å². The summed E-state index contributed by atoms with van der Waals surface area (Å²) in [6.45, 7) is 0.124. The zero-order valence-corrected chi connectivity index (χ0v) is 14.6. The standard InChI is InChI=1S/C18H13BrN4O2/c19-14-4-7-17-21-15(11-22(17)10-14)12-25-18(24)13-2-5-16(6-3-13)23-9-1-8-20-23/h1-11H,12H2. The van der Waals surface area contributed by atoms with E-state index in [0.717, 1.165) is 15.8 Å². The maximum absolute atomic E-state index is 12.2. The highest BCUT2D eigenvalue weighted by Crippen LogP contribution is 2.14. The van der Waals surface area contributed by atoms with E-state index >= 15 is 0 Å². The van der Waals surface area contributed by atoms with Gasteiger partial charge in [0.2, 0.25) is 0 Å². The first kappa shape index (κ1) is 15.6. The summed E-state index contributed by atoms with van der Waals surface area (Å²) in [6.07, 6.45) is 7.29. The van der Waals surface area contributed by atoms with Crippen LogP contribution < -0.4 is 0 Å². The van der Waals surface area contributed by atoms with Crippen LogP contribution in [0.5, 0.6) is 0 Å². The van der Waals surface area contributed by atoms with Gasteiger partial charge in [0, 0.05) is 29.3 Å². The zero-order valence-electron chi connectivity index (χ0n) is 13.0. The molecule has 3 aromatic heterocycles.